The molecule has 98 valence electrons. The molecule has 0 radical (unpaired) electrons. The molecular formula is C12H13BrFNO3. The number of benzene rings is 1. The van der Waals surface area contributed by atoms with E-state index in [9.17, 15) is 14.0 Å². The first-order chi connectivity index (χ1) is 8.32. The second-order valence-electron chi connectivity index (χ2n) is 4.05. The lowest BCUT2D eigenvalue weighted by atomic mass is 10.1. The predicted octanol–water partition coefficient (Wildman–Crippen LogP) is 2.38. The standard InChI is InChI=1S/C12H13BrFNO3/c1-7(12(17)18)6-15(2)11(16)8-3-4-9(13)10(14)5-8/h3-5,7H,6H2,1-2H3,(H,17,18). The highest BCUT2D eigenvalue weighted by molar-refractivity contribution is 9.10. The molecule has 0 saturated carbocycles. The topological polar surface area (TPSA) is 57.6 Å². The summed E-state index contributed by atoms with van der Waals surface area (Å²) in [5, 5.41) is 8.76. The van der Waals surface area contributed by atoms with Crippen LogP contribution >= 0.6 is 15.9 Å². The number of carbonyl (C=O) groups excluding carboxylic acids is 1. The van der Waals surface area contributed by atoms with Gasteiger partial charge in [0.1, 0.15) is 5.82 Å². The summed E-state index contributed by atoms with van der Waals surface area (Å²) in [6.45, 7) is 1.58. The number of carboxylic acid groups (broad SMARTS) is 1. The summed E-state index contributed by atoms with van der Waals surface area (Å²) < 4.78 is 13.6. The first kappa shape index (κ1) is 14.6. The average Bonchev–Trinajstić information content (AvgIpc) is 2.31. The Balaban J connectivity index is 2.80. The fourth-order valence-corrected chi connectivity index (χ4v) is 1.67. The van der Waals surface area contributed by atoms with Gasteiger partial charge in [-0.1, -0.05) is 6.92 Å². The van der Waals surface area contributed by atoms with Crippen LogP contribution in [0.3, 0.4) is 0 Å². The van der Waals surface area contributed by atoms with Crippen LogP contribution < -0.4 is 0 Å². The van der Waals surface area contributed by atoms with Gasteiger partial charge >= 0.3 is 5.97 Å². The van der Waals surface area contributed by atoms with Crippen LogP contribution in [0.5, 0.6) is 0 Å². The molecule has 1 aromatic rings. The first-order valence-corrected chi connectivity index (χ1v) is 6.05. The van der Waals surface area contributed by atoms with Crippen LogP contribution in [0.4, 0.5) is 4.39 Å². The van der Waals surface area contributed by atoms with E-state index in [0.29, 0.717) is 0 Å². The molecule has 1 amide bonds. The number of amides is 1. The third-order valence-corrected chi connectivity index (χ3v) is 3.13. The van der Waals surface area contributed by atoms with Crippen LogP contribution in [-0.2, 0) is 4.79 Å². The fraction of sp³-hybridized carbons (Fsp3) is 0.333. The fourth-order valence-electron chi connectivity index (χ4n) is 1.42. The molecule has 0 aromatic heterocycles. The molecule has 0 aliphatic heterocycles. The van der Waals surface area contributed by atoms with Crippen molar-refractivity contribution >= 4 is 27.8 Å². The van der Waals surface area contributed by atoms with Crippen molar-refractivity contribution in [3.8, 4) is 0 Å². The van der Waals surface area contributed by atoms with E-state index in [1.165, 1.54) is 31.0 Å². The summed E-state index contributed by atoms with van der Waals surface area (Å²) in [6.07, 6.45) is 0. The lowest BCUT2D eigenvalue weighted by Crippen LogP contribution is -2.33. The molecule has 4 nitrogen and oxygen atoms in total. The number of aliphatic carboxylic acids is 1. The molecule has 1 rings (SSSR count). The highest BCUT2D eigenvalue weighted by atomic mass is 79.9. The maximum atomic E-state index is 13.3. The van der Waals surface area contributed by atoms with E-state index in [0.717, 1.165) is 6.07 Å². The van der Waals surface area contributed by atoms with Gasteiger partial charge in [0, 0.05) is 19.2 Å². The van der Waals surface area contributed by atoms with Gasteiger partial charge in [-0.2, -0.15) is 0 Å². The number of hydrogen-bond acceptors (Lipinski definition) is 2. The van der Waals surface area contributed by atoms with E-state index in [-0.39, 0.29) is 16.6 Å². The monoisotopic (exact) mass is 317 g/mol. The first-order valence-electron chi connectivity index (χ1n) is 5.26. The van der Waals surface area contributed by atoms with Gasteiger partial charge in [0.15, 0.2) is 0 Å². The van der Waals surface area contributed by atoms with Gasteiger partial charge in [-0.25, -0.2) is 4.39 Å². The molecule has 0 saturated heterocycles. The van der Waals surface area contributed by atoms with Gasteiger partial charge in [-0.15, -0.1) is 0 Å². The molecule has 1 N–H and O–H groups in total. The van der Waals surface area contributed by atoms with Gasteiger partial charge in [0.25, 0.3) is 5.91 Å². The van der Waals surface area contributed by atoms with Gasteiger partial charge in [0.2, 0.25) is 0 Å². The van der Waals surface area contributed by atoms with Crippen molar-refractivity contribution < 1.29 is 19.1 Å². The number of carboxylic acids is 1. The Morgan fingerprint density at radius 3 is 2.61 bits per heavy atom. The van der Waals surface area contributed by atoms with E-state index in [2.05, 4.69) is 15.9 Å². The summed E-state index contributed by atoms with van der Waals surface area (Å²) in [6, 6.07) is 4.04. The predicted molar refractivity (Wildman–Crippen MR) is 67.9 cm³/mol. The highest BCUT2D eigenvalue weighted by Crippen LogP contribution is 2.17. The molecule has 18 heavy (non-hydrogen) atoms. The second-order valence-corrected chi connectivity index (χ2v) is 4.91. The molecule has 0 aliphatic rings. The van der Waals surface area contributed by atoms with Gasteiger partial charge < -0.3 is 10.0 Å². The van der Waals surface area contributed by atoms with Gasteiger partial charge in [-0.05, 0) is 34.1 Å². The molecule has 1 aromatic carbocycles. The van der Waals surface area contributed by atoms with Crippen molar-refractivity contribution in [3.05, 3.63) is 34.1 Å². The van der Waals surface area contributed by atoms with E-state index >= 15 is 0 Å². The third-order valence-electron chi connectivity index (χ3n) is 2.48. The number of hydrogen-bond donors (Lipinski definition) is 1. The second kappa shape index (κ2) is 5.95. The Labute approximate surface area is 113 Å². The largest absolute Gasteiger partial charge is 0.481 e. The van der Waals surface area contributed by atoms with Crippen LogP contribution in [0.25, 0.3) is 0 Å². The Morgan fingerprint density at radius 2 is 2.11 bits per heavy atom. The number of halogens is 2. The maximum absolute atomic E-state index is 13.3. The molecule has 1 unspecified atom stereocenters. The smallest absolute Gasteiger partial charge is 0.308 e. The van der Waals surface area contributed by atoms with E-state index < -0.39 is 23.6 Å². The number of carbonyl (C=O) groups is 2. The van der Waals surface area contributed by atoms with Crippen LogP contribution in [-0.4, -0.2) is 35.5 Å². The van der Waals surface area contributed by atoms with Crippen LogP contribution in [0.1, 0.15) is 17.3 Å². The average molecular weight is 318 g/mol. The zero-order valence-electron chi connectivity index (χ0n) is 9.98. The third kappa shape index (κ3) is 3.53. The maximum Gasteiger partial charge on any atom is 0.308 e. The molecule has 0 heterocycles. The van der Waals surface area contributed by atoms with Gasteiger partial charge in [-0.3, -0.25) is 9.59 Å². The summed E-state index contributed by atoms with van der Waals surface area (Å²) in [7, 11) is 1.49. The van der Waals surface area contributed by atoms with Crippen LogP contribution in [0.2, 0.25) is 0 Å². The minimum absolute atomic E-state index is 0.0752. The van der Waals surface area contributed by atoms with Crippen molar-refractivity contribution in [2.24, 2.45) is 5.92 Å². The SMILES string of the molecule is CC(CN(C)C(=O)c1ccc(Br)c(F)c1)C(=O)O. The van der Waals surface area contributed by atoms with Crippen molar-refractivity contribution in [2.75, 3.05) is 13.6 Å². The Morgan fingerprint density at radius 1 is 1.50 bits per heavy atom. The van der Waals surface area contributed by atoms with Crippen LogP contribution in [0.15, 0.2) is 22.7 Å². The van der Waals surface area contributed by atoms with Crippen molar-refractivity contribution in [3.63, 3.8) is 0 Å². The number of nitrogens with zero attached hydrogens (tertiary/aromatic N) is 1. The summed E-state index contributed by atoms with van der Waals surface area (Å²) in [5.41, 5.74) is 0.191. The quantitative estimate of drug-likeness (QED) is 0.927. The molecule has 6 heteroatoms. The Bertz CT molecular complexity index is 478. The van der Waals surface area contributed by atoms with Crippen LogP contribution in [0, 0.1) is 11.7 Å². The molecule has 0 fully saturated rings. The molecular weight excluding hydrogens is 305 g/mol. The molecule has 1 atom stereocenters. The number of rotatable bonds is 4. The molecule has 0 bridgehead atoms. The normalized spacial score (nSPS) is 12.0. The van der Waals surface area contributed by atoms with Gasteiger partial charge in [0.05, 0.1) is 10.4 Å². The lowest BCUT2D eigenvalue weighted by molar-refractivity contribution is -0.141. The van der Waals surface area contributed by atoms with E-state index in [1.54, 1.807) is 0 Å². The summed E-state index contributed by atoms with van der Waals surface area (Å²) in [5.74, 6) is -2.58. The zero-order chi connectivity index (χ0) is 13.9. The van der Waals surface area contributed by atoms with Crippen molar-refractivity contribution in [1.29, 1.82) is 0 Å². The van der Waals surface area contributed by atoms with E-state index in [4.69, 9.17) is 5.11 Å². The highest BCUT2D eigenvalue weighted by Gasteiger charge is 2.19. The minimum atomic E-state index is -0.975. The van der Waals surface area contributed by atoms with Crippen molar-refractivity contribution in [1.82, 2.24) is 4.90 Å². The summed E-state index contributed by atoms with van der Waals surface area (Å²) >= 11 is 3.00. The molecule has 0 spiro atoms. The lowest BCUT2D eigenvalue weighted by Gasteiger charge is -2.19. The Hall–Kier alpha value is -1.43. The minimum Gasteiger partial charge on any atom is -0.481 e. The van der Waals surface area contributed by atoms with Crippen molar-refractivity contribution in [2.45, 2.75) is 6.92 Å². The zero-order valence-corrected chi connectivity index (χ0v) is 11.6. The van der Waals surface area contributed by atoms with E-state index in [1.807, 2.05) is 0 Å². The summed E-state index contributed by atoms with van der Waals surface area (Å²) in [4.78, 5) is 23.9. The molecule has 0 aliphatic carbocycles. The Kier molecular flexibility index (Phi) is 4.84.